The SMILES string of the molecule is Cc1ccc(-c2noc(CN3CCN(C(=O)C(NC(=O)c4ccccc4C)C(C)C)CC3)n2)cc1. The molecule has 0 radical (unpaired) electrons. The number of piperazine rings is 1. The van der Waals surface area contributed by atoms with E-state index in [2.05, 4.69) is 20.4 Å². The van der Waals surface area contributed by atoms with E-state index in [1.165, 1.54) is 5.56 Å². The molecule has 2 heterocycles. The molecular weight excluding hydrogens is 442 g/mol. The molecule has 8 nitrogen and oxygen atoms in total. The molecular formula is C27H33N5O3. The van der Waals surface area contributed by atoms with Crippen LogP contribution in [0, 0.1) is 19.8 Å². The fourth-order valence-corrected chi connectivity index (χ4v) is 4.21. The maximum absolute atomic E-state index is 13.3. The monoisotopic (exact) mass is 475 g/mol. The van der Waals surface area contributed by atoms with Gasteiger partial charge in [-0.1, -0.05) is 67.0 Å². The maximum atomic E-state index is 13.3. The highest BCUT2D eigenvalue weighted by atomic mass is 16.5. The Labute approximate surface area is 206 Å². The van der Waals surface area contributed by atoms with Crippen LogP contribution in [0.3, 0.4) is 0 Å². The van der Waals surface area contributed by atoms with Crippen LogP contribution < -0.4 is 5.32 Å². The lowest BCUT2D eigenvalue weighted by Gasteiger charge is -2.36. The third-order valence-electron chi connectivity index (χ3n) is 6.43. The van der Waals surface area contributed by atoms with Crippen LogP contribution in [0.2, 0.25) is 0 Å². The number of rotatable bonds is 7. The number of benzene rings is 2. The number of nitrogens with zero attached hydrogens (tertiary/aromatic N) is 4. The topological polar surface area (TPSA) is 91.6 Å². The zero-order chi connectivity index (χ0) is 24.9. The van der Waals surface area contributed by atoms with E-state index in [0.29, 0.717) is 50.0 Å². The summed E-state index contributed by atoms with van der Waals surface area (Å²) < 4.78 is 5.46. The Morgan fingerprint density at radius 2 is 1.69 bits per heavy atom. The predicted molar refractivity (Wildman–Crippen MR) is 134 cm³/mol. The summed E-state index contributed by atoms with van der Waals surface area (Å²) in [6.07, 6.45) is 0. The Kier molecular flexibility index (Phi) is 7.60. The molecule has 4 rings (SSSR count). The van der Waals surface area contributed by atoms with Crippen molar-refractivity contribution in [3.63, 3.8) is 0 Å². The largest absolute Gasteiger partial charge is 0.340 e. The van der Waals surface area contributed by atoms with Gasteiger partial charge in [0.25, 0.3) is 5.91 Å². The van der Waals surface area contributed by atoms with E-state index in [-0.39, 0.29) is 17.7 Å². The van der Waals surface area contributed by atoms with E-state index in [0.717, 1.165) is 11.1 Å². The Hall–Kier alpha value is -3.52. The molecule has 1 aromatic heterocycles. The Morgan fingerprint density at radius 1 is 1.00 bits per heavy atom. The van der Waals surface area contributed by atoms with E-state index >= 15 is 0 Å². The van der Waals surface area contributed by atoms with Crippen LogP contribution in [-0.4, -0.2) is 64.0 Å². The minimum absolute atomic E-state index is 0.0212. The lowest BCUT2D eigenvalue weighted by Crippen LogP contribution is -2.56. The number of amides is 2. The molecule has 184 valence electrons. The van der Waals surface area contributed by atoms with Crippen LogP contribution in [0.25, 0.3) is 11.4 Å². The zero-order valence-corrected chi connectivity index (χ0v) is 20.8. The second kappa shape index (κ2) is 10.8. The summed E-state index contributed by atoms with van der Waals surface area (Å²) in [5, 5.41) is 7.07. The summed E-state index contributed by atoms with van der Waals surface area (Å²) in [7, 11) is 0. The summed E-state index contributed by atoms with van der Waals surface area (Å²) >= 11 is 0. The molecule has 1 atom stereocenters. The molecule has 1 saturated heterocycles. The summed E-state index contributed by atoms with van der Waals surface area (Å²) in [5.74, 6) is 0.867. The van der Waals surface area contributed by atoms with Crippen LogP contribution in [0.4, 0.5) is 0 Å². The van der Waals surface area contributed by atoms with Crippen LogP contribution in [0.5, 0.6) is 0 Å². The minimum atomic E-state index is -0.568. The number of aryl methyl sites for hydroxylation is 2. The Morgan fingerprint density at radius 3 is 2.34 bits per heavy atom. The van der Waals surface area contributed by atoms with Crippen molar-refractivity contribution < 1.29 is 14.1 Å². The number of hydrogen-bond donors (Lipinski definition) is 1. The van der Waals surface area contributed by atoms with Crippen molar-refractivity contribution in [2.75, 3.05) is 26.2 Å². The number of carbonyl (C=O) groups is 2. The van der Waals surface area contributed by atoms with Crippen molar-refractivity contribution in [1.82, 2.24) is 25.3 Å². The molecule has 0 saturated carbocycles. The molecule has 0 spiro atoms. The first kappa shape index (κ1) is 24.6. The summed E-state index contributed by atoms with van der Waals surface area (Å²) in [4.78, 5) is 34.7. The van der Waals surface area contributed by atoms with Gasteiger partial charge < -0.3 is 14.7 Å². The van der Waals surface area contributed by atoms with Gasteiger partial charge >= 0.3 is 0 Å². The lowest BCUT2D eigenvalue weighted by atomic mass is 10.0. The van der Waals surface area contributed by atoms with Gasteiger partial charge in [-0.15, -0.1) is 0 Å². The molecule has 1 aliphatic heterocycles. The maximum Gasteiger partial charge on any atom is 0.252 e. The van der Waals surface area contributed by atoms with Gasteiger partial charge in [-0.05, 0) is 31.4 Å². The third kappa shape index (κ3) is 5.95. The first-order valence-electron chi connectivity index (χ1n) is 12.1. The number of carbonyl (C=O) groups excluding carboxylic acids is 2. The van der Waals surface area contributed by atoms with Crippen molar-refractivity contribution >= 4 is 11.8 Å². The molecule has 3 aromatic rings. The van der Waals surface area contributed by atoms with Gasteiger partial charge in [-0.3, -0.25) is 14.5 Å². The second-order valence-electron chi connectivity index (χ2n) is 9.49. The van der Waals surface area contributed by atoms with Crippen molar-refractivity contribution in [2.24, 2.45) is 5.92 Å². The molecule has 35 heavy (non-hydrogen) atoms. The van der Waals surface area contributed by atoms with E-state index in [1.807, 2.05) is 75.1 Å². The van der Waals surface area contributed by atoms with Gasteiger partial charge in [-0.2, -0.15) is 4.98 Å². The van der Waals surface area contributed by atoms with Crippen LogP contribution >= 0.6 is 0 Å². The summed E-state index contributed by atoms with van der Waals surface area (Å²) in [6, 6.07) is 14.9. The van der Waals surface area contributed by atoms with E-state index in [1.54, 1.807) is 6.07 Å². The van der Waals surface area contributed by atoms with Crippen molar-refractivity contribution in [3.05, 3.63) is 71.1 Å². The summed E-state index contributed by atoms with van der Waals surface area (Å²) in [5.41, 5.74) is 3.59. The van der Waals surface area contributed by atoms with Crippen molar-refractivity contribution in [3.8, 4) is 11.4 Å². The van der Waals surface area contributed by atoms with Crippen LogP contribution in [0.15, 0.2) is 53.1 Å². The smallest absolute Gasteiger partial charge is 0.252 e. The highest BCUT2D eigenvalue weighted by Gasteiger charge is 2.31. The van der Waals surface area contributed by atoms with Crippen LogP contribution in [0.1, 0.15) is 41.2 Å². The lowest BCUT2D eigenvalue weighted by molar-refractivity contribution is -0.136. The molecule has 8 heteroatoms. The molecule has 1 aliphatic rings. The highest BCUT2D eigenvalue weighted by molar-refractivity contribution is 5.98. The van der Waals surface area contributed by atoms with E-state index < -0.39 is 6.04 Å². The first-order valence-corrected chi connectivity index (χ1v) is 12.1. The number of hydrogen-bond acceptors (Lipinski definition) is 6. The second-order valence-corrected chi connectivity index (χ2v) is 9.49. The zero-order valence-electron chi connectivity index (χ0n) is 20.8. The van der Waals surface area contributed by atoms with E-state index in [4.69, 9.17) is 4.52 Å². The molecule has 0 bridgehead atoms. The average molecular weight is 476 g/mol. The first-order chi connectivity index (χ1) is 16.8. The van der Waals surface area contributed by atoms with Gasteiger partial charge in [-0.25, -0.2) is 0 Å². The molecule has 1 fully saturated rings. The normalized spacial score (nSPS) is 15.3. The third-order valence-corrected chi connectivity index (χ3v) is 6.43. The van der Waals surface area contributed by atoms with Gasteiger partial charge in [0.2, 0.25) is 17.6 Å². The molecule has 2 amide bonds. The average Bonchev–Trinajstić information content (AvgIpc) is 3.31. The van der Waals surface area contributed by atoms with Gasteiger partial charge in [0.15, 0.2) is 0 Å². The van der Waals surface area contributed by atoms with Gasteiger partial charge in [0.1, 0.15) is 6.04 Å². The number of aromatic nitrogens is 2. The fraction of sp³-hybridized carbons (Fsp3) is 0.407. The summed E-state index contributed by atoms with van der Waals surface area (Å²) in [6.45, 7) is 11.0. The van der Waals surface area contributed by atoms with Crippen molar-refractivity contribution in [2.45, 2.75) is 40.3 Å². The van der Waals surface area contributed by atoms with Crippen LogP contribution in [-0.2, 0) is 11.3 Å². The van der Waals surface area contributed by atoms with E-state index in [9.17, 15) is 9.59 Å². The Balaban J connectivity index is 1.32. The molecule has 2 aromatic carbocycles. The fourth-order valence-electron chi connectivity index (χ4n) is 4.21. The Bertz CT molecular complexity index is 1160. The van der Waals surface area contributed by atoms with Gasteiger partial charge in [0.05, 0.1) is 6.54 Å². The van der Waals surface area contributed by atoms with Gasteiger partial charge in [0, 0.05) is 37.3 Å². The number of nitrogens with one attached hydrogen (secondary N) is 1. The molecule has 0 aliphatic carbocycles. The molecule has 1 unspecified atom stereocenters. The highest BCUT2D eigenvalue weighted by Crippen LogP contribution is 2.18. The predicted octanol–water partition coefficient (Wildman–Crippen LogP) is 3.45. The molecule has 1 N–H and O–H groups in total. The quantitative estimate of drug-likeness (QED) is 0.563. The minimum Gasteiger partial charge on any atom is -0.340 e. The standard InChI is InChI=1S/C27H33N5O3/c1-18(2)24(29-26(33)22-8-6-5-7-20(22)4)27(34)32-15-13-31(14-16-32)17-23-28-25(30-35-23)21-11-9-19(3)10-12-21/h5-12,18,24H,13-17H2,1-4H3,(H,29,33). The van der Waals surface area contributed by atoms with Crippen molar-refractivity contribution in [1.29, 1.82) is 0 Å².